The maximum atomic E-state index is 12.9. The first kappa shape index (κ1) is 26.5. The summed E-state index contributed by atoms with van der Waals surface area (Å²) in [5.41, 5.74) is -0.660. The lowest BCUT2D eigenvalue weighted by Crippen LogP contribution is -2.56. The summed E-state index contributed by atoms with van der Waals surface area (Å²) in [6.45, 7) is 11.5. The first-order valence-corrected chi connectivity index (χ1v) is 11.6. The van der Waals surface area contributed by atoms with E-state index in [4.69, 9.17) is 9.47 Å². The smallest absolute Gasteiger partial charge is 0.417 e. The van der Waals surface area contributed by atoms with Gasteiger partial charge in [-0.15, -0.1) is 0 Å². The fraction of sp³-hybridized carbons (Fsp3) is 0.640. The summed E-state index contributed by atoms with van der Waals surface area (Å²) in [4.78, 5) is 30.0. The number of carbonyl (C=O) groups is 2. The Kier molecular flexibility index (Phi) is 9.14. The molecular formula is C25H39N3O5. The van der Waals surface area contributed by atoms with E-state index in [0.717, 1.165) is 11.3 Å². The molecule has 33 heavy (non-hydrogen) atoms. The van der Waals surface area contributed by atoms with Gasteiger partial charge in [0.15, 0.2) is 0 Å². The van der Waals surface area contributed by atoms with Crippen molar-refractivity contribution in [2.24, 2.45) is 10.9 Å². The minimum absolute atomic E-state index is 0.0854. The predicted octanol–water partition coefficient (Wildman–Crippen LogP) is 5.80. The second kappa shape index (κ2) is 11.4. The van der Waals surface area contributed by atoms with Crippen molar-refractivity contribution in [2.75, 3.05) is 6.61 Å². The van der Waals surface area contributed by atoms with Crippen LogP contribution in [0.3, 0.4) is 0 Å². The molecule has 1 aliphatic carbocycles. The normalized spacial score (nSPS) is 15.6. The topological polar surface area (TPSA) is 100 Å². The number of aliphatic imine (C=N–C) groups is 1. The van der Waals surface area contributed by atoms with E-state index in [-0.39, 0.29) is 12.5 Å². The Morgan fingerprint density at radius 2 is 1.79 bits per heavy atom. The van der Waals surface area contributed by atoms with Gasteiger partial charge in [0, 0.05) is 5.54 Å². The van der Waals surface area contributed by atoms with E-state index in [1.54, 1.807) is 41.5 Å². The molecule has 184 valence electrons. The van der Waals surface area contributed by atoms with Crippen molar-refractivity contribution in [3.63, 3.8) is 0 Å². The molecular weight excluding hydrogens is 422 g/mol. The Morgan fingerprint density at radius 1 is 1.12 bits per heavy atom. The van der Waals surface area contributed by atoms with E-state index in [2.05, 4.69) is 10.3 Å². The van der Waals surface area contributed by atoms with Crippen LogP contribution in [0.25, 0.3) is 0 Å². The largest absolute Gasteiger partial charge is 0.493 e. The van der Waals surface area contributed by atoms with Crippen molar-refractivity contribution >= 4 is 18.1 Å². The van der Waals surface area contributed by atoms with E-state index in [1.807, 2.05) is 24.3 Å². The van der Waals surface area contributed by atoms with Crippen LogP contribution in [0.5, 0.6) is 5.75 Å². The summed E-state index contributed by atoms with van der Waals surface area (Å²) >= 11 is 0. The van der Waals surface area contributed by atoms with Gasteiger partial charge in [-0.2, -0.15) is 0 Å². The quantitative estimate of drug-likeness (QED) is 0.426. The van der Waals surface area contributed by atoms with Crippen molar-refractivity contribution < 1.29 is 24.2 Å². The molecule has 0 heterocycles. The van der Waals surface area contributed by atoms with Crippen LogP contribution < -0.4 is 10.1 Å². The summed E-state index contributed by atoms with van der Waals surface area (Å²) in [5, 5.41) is 11.6. The van der Waals surface area contributed by atoms with Crippen LogP contribution in [0.15, 0.2) is 29.3 Å². The molecule has 8 nitrogen and oxygen atoms in total. The zero-order valence-corrected chi connectivity index (χ0v) is 20.8. The van der Waals surface area contributed by atoms with Crippen molar-refractivity contribution in [1.82, 2.24) is 10.2 Å². The van der Waals surface area contributed by atoms with Gasteiger partial charge >= 0.3 is 12.2 Å². The number of carboxylic acid groups (broad SMARTS) is 1. The van der Waals surface area contributed by atoms with E-state index in [9.17, 15) is 14.7 Å². The molecule has 0 aliphatic heterocycles. The van der Waals surface area contributed by atoms with Crippen molar-refractivity contribution in [2.45, 2.75) is 91.3 Å². The third kappa shape index (κ3) is 9.32. The Bertz CT molecular complexity index is 833. The first-order chi connectivity index (χ1) is 15.3. The zero-order chi connectivity index (χ0) is 24.6. The molecule has 1 aromatic rings. The number of guanidine groups is 1. The minimum atomic E-state index is -1.31. The van der Waals surface area contributed by atoms with E-state index in [1.165, 1.54) is 37.0 Å². The number of hydrogen-bond donors (Lipinski definition) is 2. The molecule has 1 aromatic carbocycles. The van der Waals surface area contributed by atoms with Gasteiger partial charge < -0.3 is 14.6 Å². The Hall–Kier alpha value is -2.77. The molecule has 0 atom stereocenters. The number of hydrogen-bond acceptors (Lipinski definition) is 5. The highest BCUT2D eigenvalue weighted by Gasteiger charge is 2.35. The maximum Gasteiger partial charge on any atom is 0.417 e. The number of nitrogens with one attached hydrogen (secondary N) is 1. The summed E-state index contributed by atoms with van der Waals surface area (Å²) < 4.78 is 11.5. The molecule has 1 fully saturated rings. The monoisotopic (exact) mass is 461 g/mol. The lowest BCUT2D eigenvalue weighted by molar-refractivity contribution is 0.0242. The molecule has 0 aromatic heterocycles. The van der Waals surface area contributed by atoms with Gasteiger partial charge in [-0.05, 0) is 78.0 Å². The maximum absolute atomic E-state index is 12.9. The van der Waals surface area contributed by atoms with Gasteiger partial charge in [0.05, 0.1) is 13.2 Å². The van der Waals surface area contributed by atoms with Gasteiger partial charge in [-0.3, -0.25) is 5.32 Å². The number of carbonyl (C=O) groups excluding carboxylic acids is 1. The Labute approximate surface area is 197 Å². The molecule has 1 saturated carbocycles. The average molecular weight is 462 g/mol. The van der Waals surface area contributed by atoms with Gasteiger partial charge in [0.2, 0.25) is 5.96 Å². The molecule has 8 heteroatoms. The Morgan fingerprint density at radius 3 is 2.36 bits per heavy atom. The highest BCUT2D eigenvalue weighted by atomic mass is 16.6. The SMILES string of the molecule is CC(C)(C)OC(=O)N(C(=NCc1cccc(OCC2CCCCC2)c1)NC(=O)O)C(C)(C)C. The lowest BCUT2D eigenvalue weighted by Gasteiger charge is -2.36. The third-order valence-electron chi connectivity index (χ3n) is 5.20. The van der Waals surface area contributed by atoms with E-state index < -0.39 is 23.3 Å². The van der Waals surface area contributed by atoms with Crippen LogP contribution in [-0.4, -0.2) is 45.9 Å². The number of benzene rings is 1. The van der Waals surface area contributed by atoms with Crippen LogP contribution in [0, 0.1) is 5.92 Å². The molecule has 2 amide bonds. The molecule has 0 radical (unpaired) electrons. The highest BCUT2D eigenvalue weighted by molar-refractivity contribution is 6.01. The van der Waals surface area contributed by atoms with E-state index >= 15 is 0 Å². The van der Waals surface area contributed by atoms with Crippen LogP contribution in [0.2, 0.25) is 0 Å². The number of rotatable bonds is 5. The van der Waals surface area contributed by atoms with Crippen LogP contribution in [0.4, 0.5) is 9.59 Å². The summed E-state index contributed by atoms with van der Waals surface area (Å²) in [5.74, 6) is 1.28. The molecule has 0 bridgehead atoms. The Balaban J connectivity index is 2.19. The van der Waals surface area contributed by atoms with Crippen LogP contribution in [-0.2, 0) is 11.3 Å². The molecule has 2 N–H and O–H groups in total. The number of nitrogens with zero attached hydrogens (tertiary/aromatic N) is 2. The van der Waals surface area contributed by atoms with Gasteiger partial charge in [0.25, 0.3) is 0 Å². The summed E-state index contributed by atoms with van der Waals surface area (Å²) in [7, 11) is 0. The second-order valence-electron chi connectivity index (χ2n) is 10.5. The van der Waals surface area contributed by atoms with Crippen LogP contribution in [0.1, 0.15) is 79.2 Å². The molecule has 0 saturated heterocycles. The summed E-state index contributed by atoms with van der Waals surface area (Å²) in [6, 6.07) is 7.60. The molecule has 2 rings (SSSR count). The van der Waals surface area contributed by atoms with Crippen molar-refractivity contribution in [3.8, 4) is 5.75 Å². The van der Waals surface area contributed by atoms with Gasteiger partial charge in [-0.25, -0.2) is 19.5 Å². The zero-order valence-electron chi connectivity index (χ0n) is 20.8. The van der Waals surface area contributed by atoms with E-state index in [0.29, 0.717) is 12.5 Å². The first-order valence-electron chi connectivity index (χ1n) is 11.6. The minimum Gasteiger partial charge on any atom is -0.493 e. The molecule has 1 aliphatic rings. The van der Waals surface area contributed by atoms with Crippen molar-refractivity contribution in [1.29, 1.82) is 0 Å². The predicted molar refractivity (Wildman–Crippen MR) is 129 cm³/mol. The molecule has 0 spiro atoms. The van der Waals surface area contributed by atoms with Gasteiger partial charge in [0.1, 0.15) is 11.4 Å². The molecule has 0 unspecified atom stereocenters. The fourth-order valence-corrected chi connectivity index (χ4v) is 3.72. The van der Waals surface area contributed by atoms with Gasteiger partial charge in [-0.1, -0.05) is 31.4 Å². The third-order valence-corrected chi connectivity index (χ3v) is 5.20. The average Bonchev–Trinajstić information content (AvgIpc) is 2.69. The second-order valence-corrected chi connectivity index (χ2v) is 10.5. The highest BCUT2D eigenvalue weighted by Crippen LogP contribution is 2.25. The van der Waals surface area contributed by atoms with Crippen molar-refractivity contribution in [3.05, 3.63) is 29.8 Å². The van der Waals surface area contributed by atoms with Crippen LogP contribution >= 0.6 is 0 Å². The standard InChI is InChI=1S/C25H39N3O5/c1-24(2,3)28(23(31)33-25(4,5)6)21(27-22(29)30)26-16-19-13-10-14-20(15-19)32-17-18-11-8-7-9-12-18/h10,13-15,18H,7-9,11-12,16-17H2,1-6H3,(H,26,27)(H,29,30). The number of amides is 2. The lowest BCUT2D eigenvalue weighted by atomic mass is 9.90. The summed E-state index contributed by atoms with van der Waals surface area (Å²) in [6.07, 6.45) is 4.28. The number of ether oxygens (including phenoxy) is 2. The fourth-order valence-electron chi connectivity index (χ4n) is 3.72.